The SMILES string of the molecule is COCCN1CCC2(COCCN(CCc3ccccc3)C2)C1. The number of rotatable bonds is 6. The Morgan fingerprint density at radius 1 is 1.09 bits per heavy atom. The Morgan fingerprint density at radius 2 is 1.87 bits per heavy atom. The third-order valence-electron chi connectivity index (χ3n) is 5.21. The van der Waals surface area contributed by atoms with Gasteiger partial charge in [-0.25, -0.2) is 0 Å². The van der Waals surface area contributed by atoms with Crippen molar-refractivity contribution in [2.75, 3.05) is 66.2 Å². The van der Waals surface area contributed by atoms with E-state index in [1.54, 1.807) is 7.11 Å². The number of methoxy groups -OCH3 is 1. The highest BCUT2D eigenvalue weighted by Gasteiger charge is 2.40. The molecule has 0 bridgehead atoms. The summed E-state index contributed by atoms with van der Waals surface area (Å²) in [5, 5.41) is 0. The molecule has 2 aliphatic rings. The first-order valence-corrected chi connectivity index (χ1v) is 8.85. The largest absolute Gasteiger partial charge is 0.383 e. The zero-order chi connectivity index (χ0) is 16.0. The molecule has 1 spiro atoms. The number of hydrogen-bond donors (Lipinski definition) is 0. The Balaban J connectivity index is 1.54. The number of hydrogen-bond acceptors (Lipinski definition) is 4. The minimum absolute atomic E-state index is 0.320. The van der Waals surface area contributed by atoms with Crippen molar-refractivity contribution in [2.45, 2.75) is 12.8 Å². The zero-order valence-corrected chi connectivity index (χ0v) is 14.4. The second-order valence-corrected chi connectivity index (χ2v) is 7.08. The zero-order valence-electron chi connectivity index (χ0n) is 14.4. The molecule has 0 amide bonds. The van der Waals surface area contributed by atoms with Gasteiger partial charge in [0.05, 0.1) is 19.8 Å². The van der Waals surface area contributed by atoms with Crippen molar-refractivity contribution in [2.24, 2.45) is 5.41 Å². The van der Waals surface area contributed by atoms with Crippen LogP contribution < -0.4 is 0 Å². The number of likely N-dealkylation sites (tertiary alicyclic amines) is 1. The van der Waals surface area contributed by atoms with Crippen molar-refractivity contribution in [1.82, 2.24) is 9.80 Å². The van der Waals surface area contributed by atoms with Gasteiger partial charge < -0.3 is 19.3 Å². The Labute approximate surface area is 140 Å². The molecular formula is C19H30N2O2. The van der Waals surface area contributed by atoms with Crippen LogP contribution in [0, 0.1) is 5.41 Å². The predicted molar refractivity (Wildman–Crippen MR) is 92.8 cm³/mol. The van der Waals surface area contributed by atoms with E-state index in [2.05, 4.69) is 40.1 Å². The maximum atomic E-state index is 5.97. The van der Waals surface area contributed by atoms with Crippen molar-refractivity contribution in [3.63, 3.8) is 0 Å². The van der Waals surface area contributed by atoms with Crippen molar-refractivity contribution in [3.8, 4) is 0 Å². The predicted octanol–water partition coefficient (Wildman–Crippen LogP) is 1.90. The van der Waals surface area contributed by atoms with E-state index in [4.69, 9.17) is 9.47 Å². The molecule has 2 heterocycles. The third kappa shape index (κ3) is 4.77. The molecule has 4 heteroatoms. The molecule has 1 aromatic rings. The van der Waals surface area contributed by atoms with Gasteiger partial charge in [-0.15, -0.1) is 0 Å². The van der Waals surface area contributed by atoms with Crippen LogP contribution in [0.25, 0.3) is 0 Å². The first kappa shape index (κ1) is 16.9. The van der Waals surface area contributed by atoms with Crippen LogP contribution in [0.15, 0.2) is 30.3 Å². The summed E-state index contributed by atoms with van der Waals surface area (Å²) in [5.41, 5.74) is 1.75. The van der Waals surface area contributed by atoms with Crippen LogP contribution in [0.3, 0.4) is 0 Å². The summed E-state index contributed by atoms with van der Waals surface area (Å²) in [6.45, 7) is 9.35. The van der Waals surface area contributed by atoms with Crippen LogP contribution in [-0.4, -0.2) is 76.0 Å². The fourth-order valence-corrected chi connectivity index (χ4v) is 3.89. The lowest BCUT2D eigenvalue weighted by atomic mass is 9.87. The van der Waals surface area contributed by atoms with E-state index in [9.17, 15) is 0 Å². The van der Waals surface area contributed by atoms with Gasteiger partial charge in [0.15, 0.2) is 0 Å². The first-order valence-electron chi connectivity index (χ1n) is 8.85. The molecule has 4 nitrogen and oxygen atoms in total. The van der Waals surface area contributed by atoms with Crippen LogP contribution in [0.1, 0.15) is 12.0 Å². The lowest BCUT2D eigenvalue weighted by molar-refractivity contribution is 0.0684. The molecule has 1 atom stereocenters. The van der Waals surface area contributed by atoms with Crippen molar-refractivity contribution < 1.29 is 9.47 Å². The summed E-state index contributed by atoms with van der Waals surface area (Å²) in [6, 6.07) is 10.8. The summed E-state index contributed by atoms with van der Waals surface area (Å²) in [4.78, 5) is 5.15. The van der Waals surface area contributed by atoms with Gasteiger partial charge in [-0.3, -0.25) is 0 Å². The Kier molecular flexibility index (Phi) is 6.06. The average Bonchev–Trinajstić information content (AvgIpc) is 2.86. The summed E-state index contributed by atoms with van der Waals surface area (Å²) < 4.78 is 11.2. The van der Waals surface area contributed by atoms with Gasteiger partial charge in [-0.1, -0.05) is 30.3 Å². The summed E-state index contributed by atoms with van der Waals surface area (Å²) >= 11 is 0. The lowest BCUT2D eigenvalue weighted by Gasteiger charge is -2.32. The minimum atomic E-state index is 0.320. The van der Waals surface area contributed by atoms with E-state index in [0.717, 1.165) is 52.4 Å². The molecule has 2 fully saturated rings. The third-order valence-corrected chi connectivity index (χ3v) is 5.21. The van der Waals surface area contributed by atoms with E-state index in [0.29, 0.717) is 5.41 Å². The maximum absolute atomic E-state index is 5.97. The molecule has 0 N–H and O–H groups in total. The number of ether oxygens (including phenoxy) is 2. The second kappa shape index (κ2) is 8.25. The fourth-order valence-electron chi connectivity index (χ4n) is 3.89. The number of benzene rings is 1. The smallest absolute Gasteiger partial charge is 0.0593 e. The van der Waals surface area contributed by atoms with Gasteiger partial charge in [-0.2, -0.15) is 0 Å². The molecule has 3 rings (SSSR count). The van der Waals surface area contributed by atoms with E-state index in [-0.39, 0.29) is 0 Å². The van der Waals surface area contributed by atoms with Crippen LogP contribution in [0.2, 0.25) is 0 Å². The van der Waals surface area contributed by atoms with Crippen molar-refractivity contribution in [1.29, 1.82) is 0 Å². The maximum Gasteiger partial charge on any atom is 0.0593 e. The highest BCUT2D eigenvalue weighted by atomic mass is 16.5. The number of nitrogens with zero attached hydrogens (tertiary/aromatic N) is 2. The molecule has 2 saturated heterocycles. The van der Waals surface area contributed by atoms with Gasteiger partial charge in [0.25, 0.3) is 0 Å². The monoisotopic (exact) mass is 318 g/mol. The Hall–Kier alpha value is -0.940. The van der Waals surface area contributed by atoms with Crippen LogP contribution in [0.4, 0.5) is 0 Å². The normalized spacial score (nSPS) is 26.7. The summed E-state index contributed by atoms with van der Waals surface area (Å²) in [6.07, 6.45) is 2.38. The van der Waals surface area contributed by atoms with Crippen LogP contribution >= 0.6 is 0 Å². The molecule has 0 aliphatic carbocycles. The standard InChI is InChI=1S/C19H30N2O2/c1-22-13-11-21-10-8-19(16-21)15-20(12-14-23-17-19)9-7-18-5-3-2-4-6-18/h2-6H,7-17H2,1H3. The molecule has 1 unspecified atom stereocenters. The van der Waals surface area contributed by atoms with Gasteiger partial charge in [0.1, 0.15) is 0 Å². The quantitative estimate of drug-likeness (QED) is 0.800. The molecule has 23 heavy (non-hydrogen) atoms. The molecule has 0 saturated carbocycles. The lowest BCUT2D eigenvalue weighted by Crippen LogP contribution is -2.41. The van der Waals surface area contributed by atoms with Gasteiger partial charge in [-0.05, 0) is 24.9 Å². The highest BCUT2D eigenvalue weighted by molar-refractivity contribution is 5.14. The molecule has 128 valence electrons. The molecule has 0 radical (unpaired) electrons. The van der Waals surface area contributed by atoms with E-state index in [1.807, 2.05) is 0 Å². The van der Waals surface area contributed by atoms with E-state index < -0.39 is 0 Å². The van der Waals surface area contributed by atoms with E-state index in [1.165, 1.54) is 25.1 Å². The van der Waals surface area contributed by atoms with Crippen molar-refractivity contribution in [3.05, 3.63) is 35.9 Å². The molecule has 0 aromatic heterocycles. The summed E-state index contributed by atoms with van der Waals surface area (Å²) in [5.74, 6) is 0. The van der Waals surface area contributed by atoms with Crippen LogP contribution in [-0.2, 0) is 15.9 Å². The highest BCUT2D eigenvalue weighted by Crippen LogP contribution is 2.33. The first-order chi connectivity index (χ1) is 11.3. The minimum Gasteiger partial charge on any atom is -0.383 e. The van der Waals surface area contributed by atoms with Gasteiger partial charge in [0.2, 0.25) is 0 Å². The topological polar surface area (TPSA) is 24.9 Å². The average molecular weight is 318 g/mol. The van der Waals surface area contributed by atoms with Crippen LogP contribution in [0.5, 0.6) is 0 Å². The second-order valence-electron chi connectivity index (χ2n) is 7.08. The molecule has 2 aliphatic heterocycles. The van der Waals surface area contributed by atoms with Crippen molar-refractivity contribution >= 4 is 0 Å². The summed E-state index contributed by atoms with van der Waals surface area (Å²) in [7, 11) is 1.78. The molecular weight excluding hydrogens is 288 g/mol. The Bertz CT molecular complexity index is 468. The van der Waals surface area contributed by atoms with E-state index >= 15 is 0 Å². The molecule has 1 aromatic carbocycles. The van der Waals surface area contributed by atoms with Gasteiger partial charge in [0, 0.05) is 45.2 Å². The van der Waals surface area contributed by atoms with Gasteiger partial charge >= 0.3 is 0 Å². The fraction of sp³-hybridized carbons (Fsp3) is 0.684. The Morgan fingerprint density at radius 3 is 2.65 bits per heavy atom.